The number of aryl methyl sites for hydroxylation is 1. The van der Waals surface area contributed by atoms with E-state index in [1.165, 1.54) is 5.56 Å². The van der Waals surface area contributed by atoms with E-state index in [1.54, 1.807) is 18.2 Å². The highest BCUT2D eigenvalue weighted by Gasteiger charge is 2.09. The monoisotopic (exact) mass is 358 g/mol. The van der Waals surface area contributed by atoms with Gasteiger partial charge >= 0.3 is 5.97 Å². The fourth-order valence-corrected chi connectivity index (χ4v) is 2.84. The highest BCUT2D eigenvalue weighted by Crippen LogP contribution is 2.24. The number of carboxylic acid groups (broad SMARTS) is 1. The summed E-state index contributed by atoms with van der Waals surface area (Å²) in [6, 6.07) is 20.8. The molecule has 0 atom stereocenters. The van der Waals surface area contributed by atoms with Gasteiger partial charge in [-0.05, 0) is 55.0 Å². The number of fused-ring (bicyclic) bond motifs is 1. The predicted molar refractivity (Wildman–Crippen MR) is 104 cm³/mol. The van der Waals surface area contributed by atoms with Crippen LogP contribution in [0.3, 0.4) is 0 Å². The number of H-pyrrole nitrogens is 1. The number of aromatic nitrogens is 2. The zero-order valence-corrected chi connectivity index (χ0v) is 14.8. The van der Waals surface area contributed by atoms with Gasteiger partial charge in [0.2, 0.25) is 0 Å². The molecule has 4 rings (SSSR count). The van der Waals surface area contributed by atoms with E-state index in [0.29, 0.717) is 17.9 Å². The SMILES string of the molecule is Cc1ccc(COc2ccc(-c3nc4ccc(C(=O)O)cc4[nH]3)cc2)cc1. The molecule has 3 aromatic carbocycles. The van der Waals surface area contributed by atoms with Crippen LogP contribution in [0.2, 0.25) is 0 Å². The average molecular weight is 358 g/mol. The fraction of sp³-hybridized carbons (Fsp3) is 0.0909. The largest absolute Gasteiger partial charge is 0.489 e. The maximum atomic E-state index is 11.1. The summed E-state index contributed by atoms with van der Waals surface area (Å²) in [5.41, 5.74) is 4.92. The molecule has 0 amide bonds. The Labute approximate surface area is 156 Å². The Morgan fingerprint density at radius 1 is 1.04 bits per heavy atom. The Bertz CT molecular complexity index is 1100. The minimum Gasteiger partial charge on any atom is -0.489 e. The van der Waals surface area contributed by atoms with Crippen LogP contribution in [0.1, 0.15) is 21.5 Å². The van der Waals surface area contributed by atoms with Crippen molar-refractivity contribution < 1.29 is 14.6 Å². The first-order valence-corrected chi connectivity index (χ1v) is 8.60. The van der Waals surface area contributed by atoms with Crippen LogP contribution < -0.4 is 4.74 Å². The zero-order chi connectivity index (χ0) is 18.8. The van der Waals surface area contributed by atoms with E-state index in [4.69, 9.17) is 9.84 Å². The Kier molecular flexibility index (Phi) is 4.34. The van der Waals surface area contributed by atoms with Crippen LogP contribution in [0.4, 0.5) is 0 Å². The van der Waals surface area contributed by atoms with E-state index in [9.17, 15) is 4.79 Å². The molecule has 0 aliphatic heterocycles. The first-order chi connectivity index (χ1) is 13.1. The average Bonchev–Trinajstić information content (AvgIpc) is 3.11. The van der Waals surface area contributed by atoms with Crippen LogP contribution in [0.25, 0.3) is 22.4 Å². The van der Waals surface area contributed by atoms with Crippen LogP contribution in [-0.4, -0.2) is 21.0 Å². The molecule has 0 aliphatic carbocycles. The molecule has 5 nitrogen and oxygen atoms in total. The van der Waals surface area contributed by atoms with Crippen LogP contribution >= 0.6 is 0 Å². The number of rotatable bonds is 5. The molecular weight excluding hydrogens is 340 g/mol. The molecule has 27 heavy (non-hydrogen) atoms. The number of hydrogen-bond donors (Lipinski definition) is 2. The Morgan fingerprint density at radius 2 is 1.78 bits per heavy atom. The number of nitrogens with one attached hydrogen (secondary N) is 1. The second kappa shape index (κ2) is 6.96. The van der Waals surface area contributed by atoms with E-state index in [2.05, 4.69) is 41.2 Å². The van der Waals surface area contributed by atoms with Crippen molar-refractivity contribution in [2.75, 3.05) is 0 Å². The molecule has 4 aromatic rings. The summed E-state index contributed by atoms with van der Waals surface area (Å²) in [6.45, 7) is 2.58. The molecule has 0 unspecified atom stereocenters. The molecule has 5 heteroatoms. The minimum absolute atomic E-state index is 0.234. The summed E-state index contributed by atoms with van der Waals surface area (Å²) >= 11 is 0. The third-order valence-electron chi connectivity index (χ3n) is 4.38. The number of carboxylic acids is 1. The highest BCUT2D eigenvalue weighted by atomic mass is 16.5. The lowest BCUT2D eigenvalue weighted by molar-refractivity contribution is 0.0697. The third-order valence-corrected chi connectivity index (χ3v) is 4.38. The minimum atomic E-state index is -0.955. The van der Waals surface area contributed by atoms with Gasteiger partial charge in [0, 0.05) is 5.56 Å². The maximum Gasteiger partial charge on any atom is 0.335 e. The second-order valence-electron chi connectivity index (χ2n) is 6.42. The van der Waals surface area contributed by atoms with Gasteiger partial charge in [-0.25, -0.2) is 9.78 Å². The molecule has 0 bridgehead atoms. The molecule has 0 spiro atoms. The van der Waals surface area contributed by atoms with Gasteiger partial charge < -0.3 is 14.8 Å². The number of nitrogens with zero attached hydrogens (tertiary/aromatic N) is 1. The number of aromatic carboxylic acids is 1. The van der Waals surface area contributed by atoms with Crippen molar-refractivity contribution in [1.29, 1.82) is 0 Å². The lowest BCUT2D eigenvalue weighted by Crippen LogP contribution is -1.95. The quantitative estimate of drug-likeness (QED) is 0.536. The summed E-state index contributed by atoms with van der Waals surface area (Å²) < 4.78 is 5.83. The van der Waals surface area contributed by atoms with Gasteiger partial charge in [0.1, 0.15) is 18.2 Å². The van der Waals surface area contributed by atoms with Gasteiger partial charge in [-0.2, -0.15) is 0 Å². The van der Waals surface area contributed by atoms with E-state index in [-0.39, 0.29) is 5.56 Å². The van der Waals surface area contributed by atoms with Crippen LogP contribution in [0, 0.1) is 6.92 Å². The van der Waals surface area contributed by atoms with Gasteiger partial charge in [-0.3, -0.25) is 0 Å². The molecule has 0 fully saturated rings. The molecular formula is C22H18N2O3. The topological polar surface area (TPSA) is 75.2 Å². The molecule has 0 radical (unpaired) electrons. The molecule has 0 saturated heterocycles. The van der Waals surface area contributed by atoms with E-state index < -0.39 is 5.97 Å². The Hall–Kier alpha value is -3.60. The molecule has 1 heterocycles. The second-order valence-corrected chi connectivity index (χ2v) is 6.42. The molecule has 1 aromatic heterocycles. The first kappa shape index (κ1) is 16.8. The maximum absolute atomic E-state index is 11.1. The van der Waals surface area contributed by atoms with Crippen LogP contribution in [-0.2, 0) is 6.61 Å². The van der Waals surface area contributed by atoms with Crippen molar-refractivity contribution in [3.8, 4) is 17.1 Å². The van der Waals surface area contributed by atoms with Crippen molar-refractivity contribution >= 4 is 17.0 Å². The highest BCUT2D eigenvalue weighted by molar-refractivity contribution is 5.93. The lowest BCUT2D eigenvalue weighted by Gasteiger charge is -2.07. The number of carbonyl (C=O) groups is 1. The van der Waals surface area contributed by atoms with Crippen LogP contribution in [0.15, 0.2) is 66.7 Å². The number of aromatic amines is 1. The molecule has 2 N–H and O–H groups in total. The summed E-state index contributed by atoms with van der Waals surface area (Å²) in [5.74, 6) is 0.518. The van der Waals surface area contributed by atoms with Gasteiger partial charge in [0.25, 0.3) is 0 Å². The summed E-state index contributed by atoms with van der Waals surface area (Å²) in [6.07, 6.45) is 0. The predicted octanol–water partition coefficient (Wildman–Crippen LogP) is 4.82. The summed E-state index contributed by atoms with van der Waals surface area (Å²) in [7, 11) is 0. The van der Waals surface area contributed by atoms with Crippen molar-refractivity contribution in [1.82, 2.24) is 9.97 Å². The fourth-order valence-electron chi connectivity index (χ4n) is 2.84. The number of benzene rings is 3. The number of imidazole rings is 1. The van der Waals surface area contributed by atoms with Crippen LogP contribution in [0.5, 0.6) is 5.75 Å². The van der Waals surface area contributed by atoms with Gasteiger partial charge in [-0.15, -0.1) is 0 Å². The zero-order valence-electron chi connectivity index (χ0n) is 14.8. The normalized spacial score (nSPS) is 10.9. The van der Waals surface area contributed by atoms with E-state index in [0.717, 1.165) is 22.4 Å². The molecule has 0 aliphatic rings. The van der Waals surface area contributed by atoms with Crippen molar-refractivity contribution in [3.05, 3.63) is 83.4 Å². The number of hydrogen-bond acceptors (Lipinski definition) is 3. The molecule has 0 saturated carbocycles. The number of ether oxygens (including phenoxy) is 1. The molecule has 134 valence electrons. The Balaban J connectivity index is 1.50. The first-order valence-electron chi connectivity index (χ1n) is 8.60. The van der Waals surface area contributed by atoms with Crippen molar-refractivity contribution in [2.24, 2.45) is 0 Å². The van der Waals surface area contributed by atoms with Gasteiger partial charge in [0.05, 0.1) is 16.6 Å². The van der Waals surface area contributed by atoms with Crippen molar-refractivity contribution in [3.63, 3.8) is 0 Å². The van der Waals surface area contributed by atoms with Gasteiger partial charge in [-0.1, -0.05) is 29.8 Å². The van der Waals surface area contributed by atoms with E-state index >= 15 is 0 Å². The summed E-state index contributed by atoms with van der Waals surface area (Å²) in [4.78, 5) is 18.8. The van der Waals surface area contributed by atoms with Gasteiger partial charge in [0.15, 0.2) is 0 Å². The van der Waals surface area contributed by atoms with Crippen molar-refractivity contribution in [2.45, 2.75) is 13.5 Å². The lowest BCUT2D eigenvalue weighted by atomic mass is 10.2. The standard InChI is InChI=1S/C22H18N2O3/c1-14-2-4-15(5-3-14)13-27-18-9-6-16(7-10-18)21-23-19-11-8-17(22(25)26)12-20(19)24-21/h2-12H,13H2,1H3,(H,23,24)(H,25,26). The third kappa shape index (κ3) is 3.67. The Morgan fingerprint density at radius 3 is 2.48 bits per heavy atom. The summed E-state index contributed by atoms with van der Waals surface area (Å²) in [5, 5.41) is 9.10. The smallest absolute Gasteiger partial charge is 0.335 e. The van der Waals surface area contributed by atoms with E-state index in [1.807, 2.05) is 24.3 Å².